The molecule has 0 radical (unpaired) electrons. The standard InChI is InChI=1S/C13H19N3O/c1-13(2)11(14)5-8-16(13)12(17)9-10-3-6-15-7-4-10/h3-4,6-7,11H,5,8-9,14H2,1-2H3. The highest BCUT2D eigenvalue weighted by molar-refractivity contribution is 5.80. The van der Waals surface area contributed by atoms with Crippen molar-refractivity contribution in [2.45, 2.75) is 38.3 Å². The summed E-state index contributed by atoms with van der Waals surface area (Å²) in [6.45, 7) is 4.84. The van der Waals surface area contributed by atoms with Crippen LogP contribution in [0.3, 0.4) is 0 Å². The molecule has 1 aromatic heterocycles. The smallest absolute Gasteiger partial charge is 0.227 e. The highest BCUT2D eigenvalue weighted by Gasteiger charge is 2.41. The Labute approximate surface area is 102 Å². The molecule has 1 aliphatic heterocycles. The van der Waals surface area contributed by atoms with Crippen molar-refractivity contribution in [3.05, 3.63) is 30.1 Å². The lowest BCUT2D eigenvalue weighted by Gasteiger charge is -2.34. The van der Waals surface area contributed by atoms with Gasteiger partial charge >= 0.3 is 0 Å². The van der Waals surface area contributed by atoms with Crippen molar-refractivity contribution in [1.29, 1.82) is 0 Å². The normalized spacial score (nSPS) is 22.8. The molecular weight excluding hydrogens is 214 g/mol. The first-order chi connectivity index (χ1) is 8.01. The number of likely N-dealkylation sites (tertiary alicyclic amines) is 1. The van der Waals surface area contributed by atoms with Gasteiger partial charge in [-0.2, -0.15) is 0 Å². The first kappa shape index (κ1) is 12.0. The third kappa shape index (κ3) is 2.31. The molecule has 1 amide bonds. The minimum atomic E-state index is -0.232. The third-order valence-electron chi connectivity index (χ3n) is 3.67. The fourth-order valence-electron chi connectivity index (χ4n) is 2.33. The maximum absolute atomic E-state index is 12.2. The van der Waals surface area contributed by atoms with Crippen LogP contribution in [0.4, 0.5) is 0 Å². The molecule has 0 aromatic carbocycles. The summed E-state index contributed by atoms with van der Waals surface area (Å²) in [6.07, 6.45) is 4.74. The molecule has 2 N–H and O–H groups in total. The van der Waals surface area contributed by atoms with E-state index in [1.807, 2.05) is 30.9 Å². The number of hydrogen-bond acceptors (Lipinski definition) is 3. The van der Waals surface area contributed by atoms with Crippen LogP contribution >= 0.6 is 0 Å². The average Bonchev–Trinajstić information content (AvgIpc) is 2.55. The van der Waals surface area contributed by atoms with Gasteiger partial charge in [-0.1, -0.05) is 0 Å². The highest BCUT2D eigenvalue weighted by atomic mass is 16.2. The predicted octanol–water partition coefficient (Wildman–Crippen LogP) is 0.962. The molecule has 0 saturated carbocycles. The summed E-state index contributed by atoms with van der Waals surface area (Å²) in [5, 5.41) is 0. The van der Waals surface area contributed by atoms with E-state index in [-0.39, 0.29) is 17.5 Å². The maximum atomic E-state index is 12.2. The quantitative estimate of drug-likeness (QED) is 0.827. The zero-order valence-electron chi connectivity index (χ0n) is 10.4. The van der Waals surface area contributed by atoms with Gasteiger partial charge in [-0.15, -0.1) is 0 Å². The van der Waals surface area contributed by atoms with E-state index in [9.17, 15) is 4.79 Å². The van der Waals surface area contributed by atoms with Gasteiger partial charge in [0.25, 0.3) is 0 Å². The highest BCUT2D eigenvalue weighted by Crippen LogP contribution is 2.27. The zero-order chi connectivity index (χ0) is 12.5. The lowest BCUT2D eigenvalue weighted by molar-refractivity contribution is -0.133. The fourth-order valence-corrected chi connectivity index (χ4v) is 2.33. The second-order valence-corrected chi connectivity index (χ2v) is 5.13. The Morgan fingerprint density at radius 2 is 2.18 bits per heavy atom. The monoisotopic (exact) mass is 233 g/mol. The van der Waals surface area contributed by atoms with Crippen molar-refractivity contribution in [3.8, 4) is 0 Å². The molecular formula is C13H19N3O. The van der Waals surface area contributed by atoms with Crippen LogP contribution in [0.25, 0.3) is 0 Å². The number of carbonyl (C=O) groups excluding carboxylic acids is 1. The minimum Gasteiger partial charge on any atom is -0.336 e. The van der Waals surface area contributed by atoms with Crippen LogP contribution in [-0.4, -0.2) is 33.9 Å². The topological polar surface area (TPSA) is 59.2 Å². The lowest BCUT2D eigenvalue weighted by Crippen LogP contribution is -2.51. The van der Waals surface area contributed by atoms with E-state index >= 15 is 0 Å². The molecule has 1 aliphatic rings. The number of aromatic nitrogens is 1. The lowest BCUT2D eigenvalue weighted by atomic mass is 9.96. The number of nitrogens with two attached hydrogens (primary N) is 1. The van der Waals surface area contributed by atoms with Gasteiger partial charge in [0.05, 0.1) is 12.0 Å². The van der Waals surface area contributed by atoms with Crippen LogP contribution in [0, 0.1) is 0 Å². The van der Waals surface area contributed by atoms with Gasteiger partial charge in [-0.3, -0.25) is 9.78 Å². The molecule has 0 spiro atoms. The molecule has 4 heteroatoms. The molecule has 1 saturated heterocycles. The van der Waals surface area contributed by atoms with Crippen LogP contribution in [0.1, 0.15) is 25.8 Å². The van der Waals surface area contributed by atoms with E-state index in [1.54, 1.807) is 12.4 Å². The van der Waals surface area contributed by atoms with Crippen molar-refractivity contribution in [2.24, 2.45) is 5.73 Å². The Hall–Kier alpha value is -1.42. The van der Waals surface area contributed by atoms with Crippen molar-refractivity contribution in [3.63, 3.8) is 0 Å². The van der Waals surface area contributed by atoms with Crippen molar-refractivity contribution < 1.29 is 4.79 Å². The molecule has 0 bridgehead atoms. The second-order valence-electron chi connectivity index (χ2n) is 5.13. The summed E-state index contributed by atoms with van der Waals surface area (Å²) in [5.41, 5.74) is 6.80. The number of amides is 1. The van der Waals surface area contributed by atoms with Gasteiger partial charge < -0.3 is 10.6 Å². The van der Waals surface area contributed by atoms with Gasteiger partial charge in [-0.05, 0) is 38.0 Å². The predicted molar refractivity (Wildman–Crippen MR) is 66.3 cm³/mol. The van der Waals surface area contributed by atoms with Crippen molar-refractivity contribution >= 4 is 5.91 Å². The SMILES string of the molecule is CC1(C)C(N)CCN1C(=O)Cc1ccncc1. The zero-order valence-corrected chi connectivity index (χ0v) is 10.4. The van der Waals surface area contributed by atoms with Gasteiger partial charge in [0.15, 0.2) is 0 Å². The molecule has 1 unspecified atom stereocenters. The van der Waals surface area contributed by atoms with E-state index in [2.05, 4.69) is 4.98 Å². The van der Waals surface area contributed by atoms with E-state index < -0.39 is 0 Å². The summed E-state index contributed by atoms with van der Waals surface area (Å²) in [6, 6.07) is 3.82. The molecule has 92 valence electrons. The Morgan fingerprint density at radius 3 is 2.71 bits per heavy atom. The van der Waals surface area contributed by atoms with Crippen molar-refractivity contribution in [1.82, 2.24) is 9.88 Å². The van der Waals surface area contributed by atoms with Crippen LogP contribution in [0.15, 0.2) is 24.5 Å². The molecule has 1 fully saturated rings. The number of rotatable bonds is 2. The van der Waals surface area contributed by atoms with Crippen LogP contribution in [-0.2, 0) is 11.2 Å². The summed E-state index contributed by atoms with van der Waals surface area (Å²) in [7, 11) is 0. The van der Waals surface area contributed by atoms with E-state index in [0.717, 1.165) is 18.5 Å². The number of hydrogen-bond donors (Lipinski definition) is 1. The summed E-state index contributed by atoms with van der Waals surface area (Å²) in [5.74, 6) is 0.147. The van der Waals surface area contributed by atoms with Crippen molar-refractivity contribution in [2.75, 3.05) is 6.54 Å². The molecule has 1 atom stereocenters. The summed E-state index contributed by atoms with van der Waals surface area (Å²) in [4.78, 5) is 18.1. The Morgan fingerprint density at radius 1 is 1.53 bits per heavy atom. The Bertz CT molecular complexity index is 402. The number of nitrogens with zero attached hydrogens (tertiary/aromatic N) is 2. The molecule has 4 nitrogen and oxygen atoms in total. The van der Waals surface area contributed by atoms with Gasteiger partial charge in [0, 0.05) is 25.0 Å². The Kier molecular flexibility index (Phi) is 3.15. The minimum absolute atomic E-state index is 0.0730. The van der Waals surface area contributed by atoms with Crippen LogP contribution < -0.4 is 5.73 Å². The first-order valence-corrected chi connectivity index (χ1v) is 5.97. The number of carbonyl (C=O) groups is 1. The molecule has 0 aliphatic carbocycles. The van der Waals surface area contributed by atoms with Crippen LogP contribution in [0.5, 0.6) is 0 Å². The molecule has 17 heavy (non-hydrogen) atoms. The van der Waals surface area contributed by atoms with E-state index in [1.165, 1.54) is 0 Å². The second kappa shape index (κ2) is 4.45. The summed E-state index contributed by atoms with van der Waals surface area (Å²) < 4.78 is 0. The van der Waals surface area contributed by atoms with E-state index in [0.29, 0.717) is 6.42 Å². The molecule has 2 heterocycles. The average molecular weight is 233 g/mol. The summed E-state index contributed by atoms with van der Waals surface area (Å²) >= 11 is 0. The Balaban J connectivity index is 2.07. The maximum Gasteiger partial charge on any atom is 0.227 e. The van der Waals surface area contributed by atoms with Gasteiger partial charge in [0.1, 0.15) is 0 Å². The third-order valence-corrected chi connectivity index (χ3v) is 3.67. The van der Waals surface area contributed by atoms with Gasteiger partial charge in [0.2, 0.25) is 5.91 Å². The molecule has 2 rings (SSSR count). The number of pyridine rings is 1. The largest absolute Gasteiger partial charge is 0.336 e. The first-order valence-electron chi connectivity index (χ1n) is 5.97. The molecule has 1 aromatic rings. The van der Waals surface area contributed by atoms with E-state index in [4.69, 9.17) is 5.73 Å². The van der Waals surface area contributed by atoms with Gasteiger partial charge in [-0.25, -0.2) is 0 Å². The van der Waals surface area contributed by atoms with Crippen LogP contribution in [0.2, 0.25) is 0 Å². The fraction of sp³-hybridized carbons (Fsp3) is 0.538.